The van der Waals surface area contributed by atoms with Gasteiger partial charge in [0.1, 0.15) is 6.04 Å². The third kappa shape index (κ3) is 6.55. The van der Waals surface area contributed by atoms with Crippen LogP contribution in [0.15, 0.2) is 72.8 Å². The van der Waals surface area contributed by atoms with Gasteiger partial charge in [-0.15, -0.1) is 0 Å². The Morgan fingerprint density at radius 1 is 1.00 bits per heavy atom. The van der Waals surface area contributed by atoms with Crippen LogP contribution in [-0.2, 0) is 20.9 Å². The van der Waals surface area contributed by atoms with Crippen LogP contribution < -0.4 is 16.4 Å². The van der Waals surface area contributed by atoms with Crippen molar-refractivity contribution in [1.82, 2.24) is 10.2 Å². The van der Waals surface area contributed by atoms with Crippen molar-refractivity contribution in [1.29, 1.82) is 0 Å². The lowest BCUT2D eigenvalue weighted by atomic mass is 10.1. The van der Waals surface area contributed by atoms with Gasteiger partial charge in [0.25, 0.3) is 0 Å². The third-order valence-corrected chi connectivity index (χ3v) is 6.08. The van der Waals surface area contributed by atoms with Gasteiger partial charge in [-0.1, -0.05) is 48.5 Å². The molecule has 1 aliphatic heterocycles. The highest BCUT2D eigenvalue weighted by molar-refractivity contribution is 5.98. The van der Waals surface area contributed by atoms with E-state index < -0.39 is 6.04 Å². The number of likely N-dealkylation sites (tertiary alicyclic amines) is 1. The van der Waals surface area contributed by atoms with E-state index in [2.05, 4.69) is 10.6 Å². The quantitative estimate of drug-likeness (QED) is 0.460. The van der Waals surface area contributed by atoms with E-state index in [1.807, 2.05) is 60.7 Å². The Balaban J connectivity index is 1.35. The molecule has 7 nitrogen and oxygen atoms in total. The first kappa shape index (κ1) is 24.2. The van der Waals surface area contributed by atoms with E-state index in [9.17, 15) is 14.4 Å². The van der Waals surface area contributed by atoms with Crippen molar-refractivity contribution in [3.63, 3.8) is 0 Å². The van der Waals surface area contributed by atoms with Gasteiger partial charge < -0.3 is 21.3 Å². The maximum atomic E-state index is 13.1. The lowest BCUT2D eigenvalue weighted by molar-refractivity contribution is -0.137. The molecule has 1 heterocycles. The number of nitrogens with two attached hydrogens (primary N) is 1. The fourth-order valence-corrected chi connectivity index (χ4v) is 4.25. The van der Waals surface area contributed by atoms with Gasteiger partial charge in [0, 0.05) is 24.9 Å². The molecule has 1 aliphatic rings. The topological polar surface area (TPSA) is 105 Å². The highest BCUT2D eigenvalue weighted by Gasteiger charge is 2.29. The Labute approximate surface area is 205 Å². The number of nitrogens with zero attached hydrogens (tertiary/aromatic N) is 1. The van der Waals surface area contributed by atoms with Crippen LogP contribution in [0.4, 0.5) is 5.69 Å². The molecule has 0 spiro atoms. The first-order valence-corrected chi connectivity index (χ1v) is 11.9. The Hall–Kier alpha value is -3.97. The van der Waals surface area contributed by atoms with Crippen LogP contribution in [0.1, 0.15) is 30.4 Å². The van der Waals surface area contributed by atoms with Crippen LogP contribution in [0.2, 0.25) is 0 Å². The molecule has 1 unspecified atom stereocenters. The van der Waals surface area contributed by atoms with Crippen LogP contribution in [0.5, 0.6) is 0 Å². The van der Waals surface area contributed by atoms with E-state index in [1.54, 1.807) is 12.1 Å². The molecule has 1 atom stereocenters. The molecule has 7 heteroatoms. The summed E-state index contributed by atoms with van der Waals surface area (Å²) in [5.74, 6) is -0.849. The number of anilines is 1. The SMILES string of the molecule is NCc1cccc(NC(=O)CN2CCCCC(NC(=O)C=Cc3ccc4ccccc4c3)C2=O)c1. The second kappa shape index (κ2) is 11.4. The average molecular weight is 471 g/mol. The van der Waals surface area contributed by atoms with Gasteiger partial charge in [0.05, 0.1) is 6.54 Å². The second-order valence-corrected chi connectivity index (χ2v) is 8.71. The van der Waals surface area contributed by atoms with Crippen molar-refractivity contribution in [3.05, 3.63) is 83.9 Å². The standard InChI is InChI=1S/C28H30N4O3/c29-18-21-6-5-9-24(17-21)30-27(34)19-32-15-4-3-10-25(28(32)35)31-26(33)14-12-20-11-13-22-7-1-2-8-23(22)16-20/h1-2,5-9,11-14,16-17,25H,3-4,10,15,18-19,29H2,(H,30,34)(H,31,33). The minimum absolute atomic E-state index is 0.0645. The summed E-state index contributed by atoms with van der Waals surface area (Å²) < 4.78 is 0. The third-order valence-electron chi connectivity index (χ3n) is 6.08. The van der Waals surface area contributed by atoms with Gasteiger partial charge >= 0.3 is 0 Å². The van der Waals surface area contributed by atoms with E-state index in [-0.39, 0.29) is 24.3 Å². The maximum absolute atomic E-state index is 13.1. The highest BCUT2D eigenvalue weighted by Crippen LogP contribution is 2.17. The van der Waals surface area contributed by atoms with Crippen LogP contribution in [0.25, 0.3) is 16.8 Å². The summed E-state index contributed by atoms with van der Waals surface area (Å²) in [6, 6.07) is 20.7. The molecule has 0 saturated carbocycles. The van der Waals surface area contributed by atoms with E-state index in [0.29, 0.717) is 25.2 Å². The Morgan fingerprint density at radius 2 is 1.83 bits per heavy atom. The predicted molar refractivity (Wildman–Crippen MR) is 138 cm³/mol. The molecule has 35 heavy (non-hydrogen) atoms. The number of rotatable bonds is 7. The van der Waals surface area contributed by atoms with Gasteiger partial charge in [-0.2, -0.15) is 0 Å². The number of benzene rings is 3. The van der Waals surface area contributed by atoms with Gasteiger partial charge in [0.2, 0.25) is 17.7 Å². The molecule has 4 rings (SSSR count). The largest absolute Gasteiger partial charge is 0.341 e. The molecule has 3 amide bonds. The molecular weight excluding hydrogens is 440 g/mol. The average Bonchev–Trinajstić information content (AvgIpc) is 3.03. The van der Waals surface area contributed by atoms with E-state index in [4.69, 9.17) is 5.73 Å². The molecule has 4 N–H and O–H groups in total. The van der Waals surface area contributed by atoms with Gasteiger partial charge in [-0.05, 0) is 65.4 Å². The minimum atomic E-state index is -0.653. The summed E-state index contributed by atoms with van der Waals surface area (Å²) in [5.41, 5.74) is 8.12. The summed E-state index contributed by atoms with van der Waals surface area (Å²) in [6.45, 7) is 0.796. The van der Waals surface area contributed by atoms with Crippen molar-refractivity contribution in [2.24, 2.45) is 5.73 Å². The number of carbonyl (C=O) groups is 3. The summed E-state index contributed by atoms with van der Waals surface area (Å²) in [7, 11) is 0. The van der Waals surface area contributed by atoms with Crippen LogP contribution in [0.3, 0.4) is 0 Å². The minimum Gasteiger partial charge on any atom is -0.341 e. The number of amides is 3. The number of fused-ring (bicyclic) bond motifs is 1. The molecular formula is C28H30N4O3. The summed E-state index contributed by atoms with van der Waals surface area (Å²) in [6.07, 6.45) is 5.31. The molecule has 180 valence electrons. The van der Waals surface area contributed by atoms with E-state index in [0.717, 1.165) is 34.7 Å². The first-order chi connectivity index (χ1) is 17.0. The smallest absolute Gasteiger partial charge is 0.245 e. The van der Waals surface area contributed by atoms with Crippen molar-refractivity contribution >= 4 is 40.3 Å². The normalized spacial score (nSPS) is 16.3. The highest BCUT2D eigenvalue weighted by atomic mass is 16.2. The zero-order chi connectivity index (χ0) is 24.6. The van der Waals surface area contributed by atoms with Crippen LogP contribution >= 0.6 is 0 Å². The predicted octanol–water partition coefficient (Wildman–Crippen LogP) is 3.45. The van der Waals surface area contributed by atoms with Crippen molar-refractivity contribution in [3.8, 4) is 0 Å². The second-order valence-electron chi connectivity index (χ2n) is 8.71. The Bertz CT molecular complexity index is 1250. The zero-order valence-corrected chi connectivity index (χ0v) is 19.6. The van der Waals surface area contributed by atoms with E-state index in [1.165, 1.54) is 11.0 Å². The van der Waals surface area contributed by atoms with E-state index >= 15 is 0 Å². The van der Waals surface area contributed by atoms with Crippen molar-refractivity contribution in [2.45, 2.75) is 31.8 Å². The number of hydrogen-bond donors (Lipinski definition) is 3. The fourth-order valence-electron chi connectivity index (χ4n) is 4.25. The molecule has 0 bridgehead atoms. The Kier molecular flexibility index (Phi) is 7.90. The summed E-state index contributed by atoms with van der Waals surface area (Å²) >= 11 is 0. The van der Waals surface area contributed by atoms with Gasteiger partial charge in [0.15, 0.2) is 0 Å². The van der Waals surface area contributed by atoms with Crippen LogP contribution in [-0.4, -0.2) is 41.8 Å². The monoisotopic (exact) mass is 470 g/mol. The van der Waals surface area contributed by atoms with Crippen LogP contribution in [0, 0.1) is 0 Å². The molecule has 1 fully saturated rings. The van der Waals surface area contributed by atoms with Gasteiger partial charge in [-0.3, -0.25) is 14.4 Å². The fraction of sp³-hybridized carbons (Fsp3) is 0.250. The lowest BCUT2D eigenvalue weighted by Gasteiger charge is -2.24. The molecule has 1 saturated heterocycles. The summed E-state index contributed by atoms with van der Waals surface area (Å²) in [4.78, 5) is 39.8. The van der Waals surface area contributed by atoms with Gasteiger partial charge in [-0.25, -0.2) is 0 Å². The molecule has 3 aromatic rings. The molecule has 0 aromatic heterocycles. The lowest BCUT2D eigenvalue weighted by Crippen LogP contribution is -2.49. The number of carbonyl (C=O) groups excluding carboxylic acids is 3. The van der Waals surface area contributed by atoms with Crippen molar-refractivity contribution < 1.29 is 14.4 Å². The molecule has 0 radical (unpaired) electrons. The first-order valence-electron chi connectivity index (χ1n) is 11.9. The maximum Gasteiger partial charge on any atom is 0.245 e. The molecule has 0 aliphatic carbocycles. The van der Waals surface area contributed by atoms with Crippen molar-refractivity contribution in [2.75, 3.05) is 18.4 Å². The summed E-state index contributed by atoms with van der Waals surface area (Å²) in [5, 5.41) is 7.87. The number of hydrogen-bond acceptors (Lipinski definition) is 4. The number of nitrogens with one attached hydrogen (secondary N) is 2. The Morgan fingerprint density at radius 3 is 2.66 bits per heavy atom. The zero-order valence-electron chi connectivity index (χ0n) is 19.6. The molecule has 3 aromatic carbocycles.